The van der Waals surface area contributed by atoms with Crippen molar-refractivity contribution in [1.29, 1.82) is 0 Å². The minimum absolute atomic E-state index is 0.00631. The maximum atomic E-state index is 11.6. The molecule has 0 aromatic heterocycles. The molecule has 1 rings (SSSR count). The number of rotatable bonds is 6. The van der Waals surface area contributed by atoms with Crippen LogP contribution in [0.2, 0.25) is 0 Å². The lowest BCUT2D eigenvalue weighted by molar-refractivity contribution is -0.143. The molecule has 1 fully saturated rings. The van der Waals surface area contributed by atoms with Crippen LogP contribution in [0.15, 0.2) is 0 Å². The summed E-state index contributed by atoms with van der Waals surface area (Å²) in [7, 11) is -3.91. The Hall–Kier alpha value is -0.510. The highest BCUT2D eigenvalue weighted by atomic mass is 32.2. The Balaban J connectivity index is 2.60. The van der Waals surface area contributed by atoms with Gasteiger partial charge in [-0.2, -0.15) is 8.42 Å². The number of cyclic esters (lactones) is 1. The van der Waals surface area contributed by atoms with Crippen LogP contribution in [0.5, 0.6) is 0 Å². The highest BCUT2D eigenvalue weighted by Crippen LogP contribution is 2.32. The average molecular weight is 300 g/mol. The maximum absolute atomic E-state index is 11.6. The van der Waals surface area contributed by atoms with Crippen molar-refractivity contribution >= 4 is 27.2 Å². The third-order valence-corrected chi connectivity index (χ3v) is 4.38. The van der Waals surface area contributed by atoms with Crippen LogP contribution in [0.4, 0.5) is 0 Å². The average Bonchev–Trinajstić information content (AvgIpc) is 2.44. The highest BCUT2D eigenvalue weighted by molar-refractivity contribution is 7.86. The fourth-order valence-corrected chi connectivity index (χ4v) is 3.25. The molecule has 1 aliphatic rings. The normalized spacial score (nSPS) is 24.8. The van der Waals surface area contributed by atoms with Gasteiger partial charge in [0.25, 0.3) is 10.1 Å². The second-order valence-electron chi connectivity index (χ2n) is 4.71. The van der Waals surface area contributed by atoms with Gasteiger partial charge < -0.3 is 9.29 Å². The van der Waals surface area contributed by atoms with Gasteiger partial charge in [-0.1, -0.05) is 13.8 Å². The van der Waals surface area contributed by atoms with E-state index in [4.69, 9.17) is 13.5 Å². The molecule has 1 aliphatic heterocycles. The van der Waals surface area contributed by atoms with Crippen molar-refractivity contribution in [3.8, 4) is 0 Å². The molecule has 1 heterocycles. The lowest BCUT2D eigenvalue weighted by Gasteiger charge is -2.21. The summed E-state index contributed by atoms with van der Waals surface area (Å²) in [6.45, 7) is 3.44. The van der Waals surface area contributed by atoms with Crippen LogP contribution in [0.1, 0.15) is 20.3 Å². The minimum Gasteiger partial charge on any atom is -0.463 e. The number of carbonyl (C=O) groups is 1. The van der Waals surface area contributed by atoms with Gasteiger partial charge in [0.1, 0.15) is 0 Å². The summed E-state index contributed by atoms with van der Waals surface area (Å²) in [5.41, 5.74) is -0.704. The van der Waals surface area contributed by atoms with Crippen molar-refractivity contribution in [3.05, 3.63) is 0 Å². The smallest absolute Gasteiger partial charge is 0.337 e. The quantitative estimate of drug-likeness (QED) is 0.414. The van der Waals surface area contributed by atoms with Gasteiger partial charge in [0.2, 0.25) is 0 Å². The summed E-state index contributed by atoms with van der Waals surface area (Å²) in [6, 6.07) is 0. The number of hydrogen-bond acceptors (Lipinski definition) is 6. The van der Waals surface area contributed by atoms with E-state index in [1.54, 1.807) is 13.8 Å². The molecule has 1 saturated heterocycles. The molecule has 1 unspecified atom stereocenters. The summed E-state index contributed by atoms with van der Waals surface area (Å²) in [6.07, 6.45) is -1.16. The first-order valence-corrected chi connectivity index (χ1v) is 8.14. The number of esters is 1. The first kappa shape index (κ1) is 15.5. The summed E-state index contributed by atoms with van der Waals surface area (Å²) in [5.74, 6) is -1.26. The molecule has 0 aromatic rings. The second kappa shape index (κ2) is 5.64. The Bertz CT molecular complexity index is 440. The molecule has 18 heavy (non-hydrogen) atoms. The molecule has 0 saturated carbocycles. The van der Waals surface area contributed by atoms with E-state index in [1.165, 1.54) is 0 Å². The van der Waals surface area contributed by atoms with Gasteiger partial charge in [-0.3, -0.25) is 4.18 Å². The molecule has 0 aliphatic carbocycles. The van der Waals surface area contributed by atoms with Crippen molar-refractivity contribution in [2.75, 3.05) is 18.1 Å². The fourth-order valence-electron chi connectivity index (χ4n) is 1.45. The molecule has 9 heteroatoms. The number of carbonyl (C=O) groups excluding carboxylic acids is 1. The van der Waals surface area contributed by atoms with E-state index < -0.39 is 44.4 Å². The van der Waals surface area contributed by atoms with Crippen molar-refractivity contribution in [3.63, 3.8) is 0 Å². The largest absolute Gasteiger partial charge is 0.463 e. The molecule has 106 valence electrons. The lowest BCUT2D eigenvalue weighted by Crippen LogP contribution is -2.35. The van der Waals surface area contributed by atoms with Crippen LogP contribution in [0, 0.1) is 5.41 Å². The number of ether oxygens (including phenoxy) is 1. The summed E-state index contributed by atoms with van der Waals surface area (Å²) in [4.78, 5) is 11.3. The zero-order chi connectivity index (χ0) is 14.0. The van der Waals surface area contributed by atoms with E-state index in [1.807, 2.05) is 0 Å². The van der Waals surface area contributed by atoms with E-state index >= 15 is 0 Å². The first-order valence-electron chi connectivity index (χ1n) is 5.29. The Labute approximate surface area is 108 Å². The predicted molar refractivity (Wildman–Crippen MR) is 63.7 cm³/mol. The van der Waals surface area contributed by atoms with Gasteiger partial charge in [0.05, 0.1) is 18.1 Å². The molecule has 0 spiro atoms. The van der Waals surface area contributed by atoms with Gasteiger partial charge in [0, 0.05) is 5.41 Å². The minimum atomic E-state index is -3.91. The van der Waals surface area contributed by atoms with E-state index in [0.717, 1.165) is 0 Å². The van der Waals surface area contributed by atoms with Gasteiger partial charge >= 0.3 is 5.97 Å². The zero-order valence-electron chi connectivity index (χ0n) is 10.1. The van der Waals surface area contributed by atoms with Crippen molar-refractivity contribution in [1.82, 2.24) is 0 Å². The van der Waals surface area contributed by atoms with Crippen LogP contribution in [-0.4, -0.2) is 47.4 Å². The van der Waals surface area contributed by atoms with Gasteiger partial charge in [-0.25, -0.2) is 9.00 Å². The van der Waals surface area contributed by atoms with E-state index in [0.29, 0.717) is 0 Å². The zero-order valence-corrected chi connectivity index (χ0v) is 11.8. The molecule has 0 amide bonds. The van der Waals surface area contributed by atoms with Crippen molar-refractivity contribution < 1.29 is 30.9 Å². The van der Waals surface area contributed by atoms with Crippen molar-refractivity contribution in [2.45, 2.75) is 26.4 Å². The Kier molecular flexibility index (Phi) is 4.87. The molecule has 2 atom stereocenters. The van der Waals surface area contributed by atoms with E-state index in [-0.39, 0.29) is 18.8 Å². The Morgan fingerprint density at radius 3 is 2.61 bits per heavy atom. The molecular weight excluding hydrogens is 284 g/mol. The molecular formula is C9H16O7S2. The molecule has 0 radical (unpaired) electrons. The lowest BCUT2D eigenvalue weighted by atomic mass is 9.90. The van der Waals surface area contributed by atoms with Crippen LogP contribution in [0.25, 0.3) is 0 Å². The van der Waals surface area contributed by atoms with Crippen LogP contribution in [-0.2, 0) is 34.9 Å². The van der Waals surface area contributed by atoms with Crippen LogP contribution < -0.4 is 0 Å². The van der Waals surface area contributed by atoms with E-state index in [9.17, 15) is 17.4 Å². The van der Waals surface area contributed by atoms with Crippen LogP contribution in [0.3, 0.4) is 0 Å². The first-order chi connectivity index (χ1) is 8.14. The second-order valence-corrected chi connectivity index (χ2v) is 7.48. The summed E-state index contributed by atoms with van der Waals surface area (Å²) < 4.78 is 51.7. The van der Waals surface area contributed by atoms with Gasteiger partial charge in [-0.05, 0) is 6.42 Å². The Morgan fingerprint density at radius 2 is 2.17 bits per heavy atom. The predicted octanol–water partition coefficient (Wildman–Crippen LogP) is -0.104. The molecule has 0 aromatic carbocycles. The standard InChI is InChI=1S/C9H16O7S2/c1-9(2)6-15-8(10)7(9)16-18(13,14)5-3-4-17(11)12/h7H,3-6H2,1-2H3,(H,11,12)/t7-/m0/s1. The molecule has 1 N–H and O–H groups in total. The highest BCUT2D eigenvalue weighted by Gasteiger charge is 2.47. The molecule has 0 bridgehead atoms. The SMILES string of the molecule is CC1(C)COC(=O)[C@@H]1OS(=O)(=O)CCCS(=O)O. The van der Waals surface area contributed by atoms with Crippen molar-refractivity contribution in [2.24, 2.45) is 5.41 Å². The fraction of sp³-hybridized carbons (Fsp3) is 0.889. The van der Waals surface area contributed by atoms with Gasteiger partial charge in [-0.15, -0.1) is 0 Å². The maximum Gasteiger partial charge on any atom is 0.337 e. The van der Waals surface area contributed by atoms with Gasteiger partial charge in [0.15, 0.2) is 17.2 Å². The third-order valence-electron chi connectivity index (χ3n) is 2.47. The summed E-state index contributed by atoms with van der Waals surface area (Å²) in [5, 5.41) is 0. The summed E-state index contributed by atoms with van der Waals surface area (Å²) >= 11 is -2.04. The third kappa shape index (κ3) is 4.30. The Morgan fingerprint density at radius 1 is 1.56 bits per heavy atom. The topological polar surface area (TPSA) is 107 Å². The van der Waals surface area contributed by atoms with Crippen LogP contribution >= 0.6 is 0 Å². The monoisotopic (exact) mass is 300 g/mol. The number of hydrogen-bond donors (Lipinski definition) is 1. The molecule has 7 nitrogen and oxygen atoms in total. The van der Waals surface area contributed by atoms with E-state index in [2.05, 4.69) is 0 Å².